The Labute approximate surface area is 123 Å². The molecule has 1 unspecified atom stereocenters. The highest BCUT2D eigenvalue weighted by Crippen LogP contribution is 2.26. The van der Waals surface area contributed by atoms with E-state index in [4.69, 9.17) is 5.73 Å². The maximum atomic E-state index is 12.1. The molecule has 0 saturated heterocycles. The van der Waals surface area contributed by atoms with Gasteiger partial charge in [0.15, 0.2) is 0 Å². The van der Waals surface area contributed by atoms with Gasteiger partial charge in [-0.15, -0.1) is 0 Å². The van der Waals surface area contributed by atoms with E-state index in [1.807, 2.05) is 30.3 Å². The molecule has 0 aliphatic carbocycles. The normalized spacial score (nSPS) is 24.0. The zero-order valence-electron chi connectivity index (χ0n) is 11.7. The number of carbonyl (C=O) groups is 1. The maximum Gasteiger partial charge on any atom is 0.266 e. The Balaban J connectivity index is 1.89. The highest BCUT2D eigenvalue weighted by Gasteiger charge is 2.44. The van der Waals surface area contributed by atoms with Crippen LogP contribution in [-0.2, 0) is 11.3 Å². The number of carbonyl (C=O) groups excluding carboxylic acids is 1. The Morgan fingerprint density at radius 3 is 2.95 bits per heavy atom. The third-order valence-electron chi connectivity index (χ3n) is 3.81. The molecule has 6 nitrogen and oxygen atoms in total. The van der Waals surface area contributed by atoms with E-state index in [2.05, 4.69) is 20.9 Å². The van der Waals surface area contributed by atoms with Crippen molar-refractivity contribution in [1.29, 1.82) is 0 Å². The Hall–Kier alpha value is -2.34. The van der Waals surface area contributed by atoms with Gasteiger partial charge in [0.2, 0.25) is 5.66 Å². The van der Waals surface area contributed by atoms with Crippen LogP contribution in [-0.4, -0.2) is 24.5 Å². The van der Waals surface area contributed by atoms with Gasteiger partial charge in [-0.3, -0.25) is 10.1 Å². The van der Waals surface area contributed by atoms with E-state index in [-0.39, 0.29) is 0 Å². The van der Waals surface area contributed by atoms with Crippen molar-refractivity contribution in [2.45, 2.75) is 25.0 Å². The molecule has 6 heteroatoms. The van der Waals surface area contributed by atoms with Crippen molar-refractivity contribution >= 4 is 12.2 Å². The van der Waals surface area contributed by atoms with Crippen LogP contribution in [0.25, 0.3) is 0 Å². The smallest absolute Gasteiger partial charge is 0.266 e. The molecule has 21 heavy (non-hydrogen) atoms. The van der Waals surface area contributed by atoms with Crippen molar-refractivity contribution in [3.8, 4) is 0 Å². The highest BCUT2D eigenvalue weighted by atomic mass is 16.2. The highest BCUT2D eigenvalue weighted by molar-refractivity contribution is 5.91. The third kappa shape index (κ3) is 2.50. The van der Waals surface area contributed by atoms with Gasteiger partial charge in [0.05, 0.1) is 12.0 Å². The number of nitrogens with one attached hydrogen (secondary N) is 3. The van der Waals surface area contributed by atoms with Crippen molar-refractivity contribution in [1.82, 2.24) is 16.0 Å². The second kappa shape index (κ2) is 5.57. The summed E-state index contributed by atoms with van der Waals surface area (Å²) in [5.41, 5.74) is 7.25. The number of hydrogen-bond acceptors (Lipinski definition) is 5. The number of aliphatic imine (C=N–C) groups is 1. The predicted octanol–water partition coefficient (Wildman–Crippen LogP) is 0.184. The number of allylic oxidation sites excluding steroid dienone is 1. The molecule has 0 saturated carbocycles. The first-order valence-corrected chi connectivity index (χ1v) is 7.09. The second-order valence-corrected chi connectivity index (χ2v) is 5.20. The summed E-state index contributed by atoms with van der Waals surface area (Å²) in [6.07, 6.45) is 3.46. The minimum atomic E-state index is -1.21. The van der Waals surface area contributed by atoms with Gasteiger partial charge in [0.25, 0.3) is 5.91 Å². The molecule has 0 spiro atoms. The van der Waals surface area contributed by atoms with Crippen molar-refractivity contribution in [2.24, 2.45) is 10.7 Å². The molecule has 0 fully saturated rings. The van der Waals surface area contributed by atoms with Crippen molar-refractivity contribution in [3.63, 3.8) is 0 Å². The number of rotatable bonds is 4. The topological polar surface area (TPSA) is 91.5 Å². The van der Waals surface area contributed by atoms with Gasteiger partial charge in [0, 0.05) is 18.8 Å². The first-order chi connectivity index (χ1) is 10.2. The van der Waals surface area contributed by atoms with Gasteiger partial charge in [-0.2, -0.15) is 0 Å². The zero-order chi connectivity index (χ0) is 14.7. The minimum Gasteiger partial charge on any atom is -0.383 e. The fourth-order valence-corrected chi connectivity index (χ4v) is 2.71. The minimum absolute atomic E-state index is 0.502. The van der Waals surface area contributed by atoms with Crippen molar-refractivity contribution < 1.29 is 4.79 Å². The van der Waals surface area contributed by atoms with Crippen LogP contribution >= 0.6 is 0 Å². The molecule has 1 aromatic rings. The Morgan fingerprint density at radius 2 is 2.19 bits per heavy atom. The summed E-state index contributed by atoms with van der Waals surface area (Å²) in [7, 11) is 0. The average Bonchev–Trinajstić information content (AvgIpc) is 2.53. The van der Waals surface area contributed by atoms with Crippen molar-refractivity contribution in [2.75, 3.05) is 6.54 Å². The number of primary amides is 1. The summed E-state index contributed by atoms with van der Waals surface area (Å²) in [4.78, 5) is 16.4. The first-order valence-electron chi connectivity index (χ1n) is 7.09. The summed E-state index contributed by atoms with van der Waals surface area (Å²) >= 11 is 0. The van der Waals surface area contributed by atoms with Crippen LogP contribution in [0, 0.1) is 0 Å². The molecule has 2 aliphatic rings. The molecule has 0 aromatic heterocycles. The molecule has 2 aliphatic heterocycles. The standard InChI is InChI=1S/C15H19N5O/c16-14(21)15(19-9-11-5-2-1-3-6-11)13-12(18-10-20-15)7-4-8-17-13/h1-3,5-6,10,17,19H,4,7-9H2,(H2,16,21)(H,18,20). The molecular formula is C15H19N5O. The number of benzene rings is 1. The quantitative estimate of drug-likeness (QED) is 0.635. The van der Waals surface area contributed by atoms with E-state index < -0.39 is 11.6 Å². The van der Waals surface area contributed by atoms with Crippen LogP contribution in [0.5, 0.6) is 0 Å². The first kappa shape index (κ1) is 13.6. The molecule has 5 N–H and O–H groups in total. The fourth-order valence-electron chi connectivity index (χ4n) is 2.71. The van der Waals surface area contributed by atoms with Gasteiger partial charge < -0.3 is 16.4 Å². The summed E-state index contributed by atoms with van der Waals surface area (Å²) in [6, 6.07) is 9.87. The SMILES string of the molecule is NC(=O)C1(NCc2ccccc2)N=CNC2=C1NCCC2. The molecule has 0 bridgehead atoms. The van der Waals surface area contributed by atoms with E-state index in [9.17, 15) is 4.79 Å². The monoisotopic (exact) mass is 285 g/mol. The van der Waals surface area contributed by atoms with Crippen LogP contribution in [0.2, 0.25) is 0 Å². The van der Waals surface area contributed by atoms with Crippen LogP contribution in [0.4, 0.5) is 0 Å². The summed E-state index contributed by atoms with van der Waals surface area (Å²) in [5, 5.41) is 9.59. The molecular weight excluding hydrogens is 266 g/mol. The lowest BCUT2D eigenvalue weighted by Crippen LogP contribution is -2.61. The number of hydrogen-bond donors (Lipinski definition) is 4. The lowest BCUT2D eigenvalue weighted by Gasteiger charge is -2.37. The van der Waals surface area contributed by atoms with Gasteiger partial charge >= 0.3 is 0 Å². The molecule has 2 heterocycles. The lowest BCUT2D eigenvalue weighted by molar-refractivity contribution is -0.123. The summed E-state index contributed by atoms with van der Waals surface area (Å²) in [5.74, 6) is -0.502. The van der Waals surface area contributed by atoms with Crippen LogP contribution in [0.15, 0.2) is 46.7 Å². The van der Waals surface area contributed by atoms with E-state index >= 15 is 0 Å². The molecule has 3 rings (SSSR count). The largest absolute Gasteiger partial charge is 0.383 e. The molecule has 110 valence electrons. The van der Waals surface area contributed by atoms with Gasteiger partial charge in [-0.1, -0.05) is 30.3 Å². The van der Waals surface area contributed by atoms with Gasteiger partial charge in [-0.25, -0.2) is 4.99 Å². The van der Waals surface area contributed by atoms with E-state index in [0.29, 0.717) is 6.54 Å². The zero-order valence-corrected chi connectivity index (χ0v) is 11.7. The molecule has 0 radical (unpaired) electrons. The lowest BCUT2D eigenvalue weighted by atomic mass is 9.97. The van der Waals surface area contributed by atoms with E-state index in [1.165, 1.54) is 0 Å². The van der Waals surface area contributed by atoms with Crippen LogP contribution in [0.3, 0.4) is 0 Å². The van der Waals surface area contributed by atoms with Gasteiger partial charge in [0.1, 0.15) is 0 Å². The Morgan fingerprint density at radius 1 is 1.38 bits per heavy atom. The fraction of sp³-hybridized carbons (Fsp3) is 0.333. The maximum absolute atomic E-state index is 12.1. The Kier molecular flexibility index (Phi) is 3.62. The number of amides is 1. The van der Waals surface area contributed by atoms with Crippen LogP contribution < -0.4 is 21.7 Å². The summed E-state index contributed by atoms with van der Waals surface area (Å²) in [6.45, 7) is 1.33. The molecule has 1 aromatic carbocycles. The van der Waals surface area contributed by atoms with Crippen molar-refractivity contribution in [3.05, 3.63) is 47.3 Å². The van der Waals surface area contributed by atoms with Gasteiger partial charge in [-0.05, 0) is 18.4 Å². The van der Waals surface area contributed by atoms with Crippen LogP contribution in [0.1, 0.15) is 18.4 Å². The Bertz CT molecular complexity index is 595. The molecule has 1 amide bonds. The number of nitrogens with zero attached hydrogens (tertiary/aromatic N) is 1. The number of nitrogens with two attached hydrogens (primary N) is 1. The average molecular weight is 285 g/mol. The van der Waals surface area contributed by atoms with E-state index in [0.717, 1.165) is 36.3 Å². The third-order valence-corrected chi connectivity index (χ3v) is 3.81. The summed E-state index contributed by atoms with van der Waals surface area (Å²) < 4.78 is 0. The molecule has 1 atom stereocenters. The van der Waals surface area contributed by atoms with E-state index in [1.54, 1.807) is 6.34 Å². The predicted molar refractivity (Wildman–Crippen MR) is 81.1 cm³/mol. The second-order valence-electron chi connectivity index (χ2n) is 5.20.